The van der Waals surface area contributed by atoms with Gasteiger partial charge in [-0.2, -0.15) is 0 Å². The van der Waals surface area contributed by atoms with Gasteiger partial charge in [0.25, 0.3) is 0 Å². The highest BCUT2D eigenvalue weighted by atomic mass is 32.1. The van der Waals surface area contributed by atoms with Crippen molar-refractivity contribution in [1.29, 1.82) is 0 Å². The molecule has 4 nitrogen and oxygen atoms in total. The minimum absolute atomic E-state index is 0.0272. The second-order valence-electron chi connectivity index (χ2n) is 5.25. The molecule has 0 radical (unpaired) electrons. The van der Waals surface area contributed by atoms with Crippen LogP contribution < -0.4 is 10.6 Å². The lowest BCUT2D eigenvalue weighted by molar-refractivity contribution is 0.236. The van der Waals surface area contributed by atoms with Crippen LogP contribution in [0.4, 0.5) is 4.79 Å². The van der Waals surface area contributed by atoms with Crippen LogP contribution in [-0.4, -0.2) is 17.6 Å². The van der Waals surface area contributed by atoms with Crippen molar-refractivity contribution in [2.75, 3.05) is 6.54 Å². The largest absolute Gasteiger partial charge is 0.338 e. The molecular weight excluding hydrogens is 282 g/mol. The highest BCUT2D eigenvalue weighted by Gasteiger charge is 2.10. The van der Waals surface area contributed by atoms with E-state index in [-0.39, 0.29) is 12.1 Å². The molecule has 0 aliphatic heterocycles. The van der Waals surface area contributed by atoms with Gasteiger partial charge in [0.2, 0.25) is 0 Å². The van der Waals surface area contributed by atoms with Crippen LogP contribution in [0.15, 0.2) is 42.0 Å². The Morgan fingerprint density at radius 3 is 2.71 bits per heavy atom. The summed E-state index contributed by atoms with van der Waals surface area (Å²) in [5.74, 6) is 0.422. The number of hydrogen-bond donors (Lipinski definition) is 2. The molecule has 0 saturated carbocycles. The Morgan fingerprint density at radius 2 is 2.05 bits per heavy atom. The van der Waals surface area contributed by atoms with Crippen LogP contribution in [0, 0.1) is 5.92 Å². The van der Waals surface area contributed by atoms with Crippen LogP contribution in [0.1, 0.15) is 30.3 Å². The van der Waals surface area contributed by atoms with Crippen molar-refractivity contribution in [2.45, 2.75) is 26.3 Å². The van der Waals surface area contributed by atoms with Crippen LogP contribution in [0.3, 0.4) is 0 Å². The standard InChI is InChI=1S/C16H21N3OS/c1-12(10-15-4-3-9-21-15)11-18-16(20)19-13(2)14-5-7-17-8-6-14/h3-9,12-13H,10-11H2,1-2H3,(H2,18,19,20)/t12-,13+/m1/s1. The van der Waals surface area contributed by atoms with Crippen molar-refractivity contribution < 1.29 is 4.79 Å². The smallest absolute Gasteiger partial charge is 0.315 e. The van der Waals surface area contributed by atoms with Crippen molar-refractivity contribution >= 4 is 17.4 Å². The van der Waals surface area contributed by atoms with Crippen LogP contribution >= 0.6 is 11.3 Å². The van der Waals surface area contributed by atoms with Gasteiger partial charge in [0.05, 0.1) is 6.04 Å². The van der Waals surface area contributed by atoms with Crippen molar-refractivity contribution in [1.82, 2.24) is 15.6 Å². The lowest BCUT2D eigenvalue weighted by Gasteiger charge is -2.16. The summed E-state index contributed by atoms with van der Waals surface area (Å²) < 4.78 is 0. The number of amides is 2. The predicted octanol–water partition coefficient (Wildman–Crippen LogP) is 3.38. The third kappa shape index (κ3) is 5.19. The Labute approximate surface area is 129 Å². The average molecular weight is 303 g/mol. The number of carbonyl (C=O) groups excluding carboxylic acids is 1. The van der Waals surface area contributed by atoms with Gasteiger partial charge in [0.1, 0.15) is 0 Å². The van der Waals surface area contributed by atoms with E-state index in [1.165, 1.54) is 4.88 Å². The fraction of sp³-hybridized carbons (Fsp3) is 0.375. The van der Waals surface area contributed by atoms with Crippen LogP contribution in [0.5, 0.6) is 0 Å². The second kappa shape index (κ2) is 7.78. The molecule has 2 rings (SSSR count). The third-order valence-electron chi connectivity index (χ3n) is 3.29. The molecule has 2 N–H and O–H groups in total. The van der Waals surface area contributed by atoms with Gasteiger partial charge < -0.3 is 10.6 Å². The maximum absolute atomic E-state index is 11.9. The number of nitrogens with one attached hydrogen (secondary N) is 2. The molecule has 2 heterocycles. The minimum atomic E-state index is -0.127. The van der Waals surface area contributed by atoms with Crippen molar-refractivity contribution in [3.63, 3.8) is 0 Å². The first-order valence-corrected chi connectivity index (χ1v) is 8.00. The summed E-state index contributed by atoms with van der Waals surface area (Å²) in [6, 6.07) is 7.85. The molecule has 0 spiro atoms. The van der Waals surface area contributed by atoms with Gasteiger partial charge in [-0.15, -0.1) is 11.3 Å². The molecular formula is C16H21N3OS. The Morgan fingerprint density at radius 1 is 1.29 bits per heavy atom. The first-order chi connectivity index (χ1) is 10.1. The zero-order valence-electron chi connectivity index (χ0n) is 12.4. The summed E-state index contributed by atoms with van der Waals surface area (Å²) in [5.41, 5.74) is 1.05. The molecule has 2 atom stereocenters. The number of hydrogen-bond acceptors (Lipinski definition) is 3. The zero-order valence-corrected chi connectivity index (χ0v) is 13.2. The van der Waals surface area contributed by atoms with Crippen molar-refractivity contribution in [3.8, 4) is 0 Å². The Bertz CT molecular complexity index is 542. The summed E-state index contributed by atoms with van der Waals surface area (Å²) in [5, 5.41) is 7.95. The van der Waals surface area contributed by atoms with Gasteiger partial charge in [0.15, 0.2) is 0 Å². The van der Waals surface area contributed by atoms with Crippen LogP contribution in [0.2, 0.25) is 0 Å². The molecule has 2 amide bonds. The van der Waals surface area contributed by atoms with E-state index >= 15 is 0 Å². The van der Waals surface area contributed by atoms with Gasteiger partial charge in [-0.1, -0.05) is 13.0 Å². The van der Waals surface area contributed by atoms with E-state index in [0.29, 0.717) is 12.5 Å². The monoisotopic (exact) mass is 303 g/mol. The van der Waals surface area contributed by atoms with Crippen molar-refractivity contribution in [2.24, 2.45) is 5.92 Å². The normalized spacial score (nSPS) is 13.4. The fourth-order valence-corrected chi connectivity index (χ4v) is 2.96. The summed E-state index contributed by atoms with van der Waals surface area (Å²) in [6.45, 7) is 4.78. The molecule has 21 heavy (non-hydrogen) atoms. The maximum Gasteiger partial charge on any atom is 0.315 e. The summed E-state index contributed by atoms with van der Waals surface area (Å²) in [6.07, 6.45) is 4.46. The van der Waals surface area contributed by atoms with Crippen LogP contribution in [-0.2, 0) is 6.42 Å². The fourth-order valence-electron chi connectivity index (χ4n) is 2.09. The van der Waals surface area contributed by atoms with E-state index in [1.807, 2.05) is 19.1 Å². The molecule has 5 heteroatoms. The van der Waals surface area contributed by atoms with Gasteiger partial charge in [-0.3, -0.25) is 4.98 Å². The first-order valence-electron chi connectivity index (χ1n) is 7.12. The molecule has 0 bridgehead atoms. The molecule has 0 fully saturated rings. The average Bonchev–Trinajstić information content (AvgIpc) is 2.99. The topological polar surface area (TPSA) is 54.0 Å². The maximum atomic E-state index is 11.9. The van der Waals surface area contributed by atoms with E-state index in [2.05, 4.69) is 40.1 Å². The third-order valence-corrected chi connectivity index (χ3v) is 4.19. The summed E-state index contributed by atoms with van der Waals surface area (Å²) >= 11 is 1.76. The van der Waals surface area contributed by atoms with Gasteiger partial charge in [-0.05, 0) is 48.4 Å². The quantitative estimate of drug-likeness (QED) is 0.859. The molecule has 112 valence electrons. The molecule has 0 aromatic carbocycles. The number of aromatic nitrogens is 1. The lowest BCUT2D eigenvalue weighted by Crippen LogP contribution is -2.39. The lowest BCUT2D eigenvalue weighted by atomic mass is 10.1. The summed E-state index contributed by atoms with van der Waals surface area (Å²) in [7, 11) is 0. The van der Waals surface area contributed by atoms with E-state index < -0.39 is 0 Å². The number of nitrogens with zero attached hydrogens (tertiary/aromatic N) is 1. The highest BCUT2D eigenvalue weighted by Crippen LogP contribution is 2.14. The zero-order chi connectivity index (χ0) is 15.1. The van der Waals surface area contributed by atoms with Gasteiger partial charge in [-0.25, -0.2) is 4.79 Å². The van der Waals surface area contributed by atoms with E-state index in [9.17, 15) is 4.79 Å². The number of carbonyl (C=O) groups is 1. The van der Waals surface area contributed by atoms with E-state index in [1.54, 1.807) is 23.7 Å². The highest BCUT2D eigenvalue weighted by molar-refractivity contribution is 7.09. The van der Waals surface area contributed by atoms with E-state index in [4.69, 9.17) is 0 Å². The Kier molecular flexibility index (Phi) is 5.75. The molecule has 0 unspecified atom stereocenters. The number of urea groups is 1. The van der Waals surface area contributed by atoms with Gasteiger partial charge >= 0.3 is 6.03 Å². The molecule has 2 aromatic rings. The Hall–Kier alpha value is -1.88. The predicted molar refractivity (Wildman–Crippen MR) is 86.4 cm³/mol. The summed E-state index contributed by atoms with van der Waals surface area (Å²) in [4.78, 5) is 17.2. The molecule has 0 aliphatic carbocycles. The Balaban J connectivity index is 1.72. The van der Waals surface area contributed by atoms with Crippen molar-refractivity contribution in [3.05, 3.63) is 52.5 Å². The van der Waals surface area contributed by atoms with E-state index in [0.717, 1.165) is 12.0 Å². The minimum Gasteiger partial charge on any atom is -0.338 e. The molecule has 2 aromatic heterocycles. The number of pyridine rings is 1. The van der Waals surface area contributed by atoms with Gasteiger partial charge in [0, 0.05) is 23.8 Å². The SMILES string of the molecule is C[C@@H](CNC(=O)N[C@@H](C)c1ccncc1)Cc1cccs1. The molecule has 0 aliphatic rings. The first kappa shape index (κ1) is 15.5. The number of rotatable bonds is 6. The molecule has 0 saturated heterocycles. The second-order valence-corrected chi connectivity index (χ2v) is 6.28. The number of thiophene rings is 1. The van der Waals surface area contributed by atoms with Crippen LogP contribution in [0.25, 0.3) is 0 Å².